The topological polar surface area (TPSA) is 62.2 Å². The minimum Gasteiger partial charge on any atom is -0.506 e. The average Bonchev–Trinajstić information content (AvgIpc) is 2.78. The van der Waals surface area contributed by atoms with Gasteiger partial charge in [-0.15, -0.1) is 0 Å². The van der Waals surface area contributed by atoms with Crippen LogP contribution in [0.4, 0.5) is 0 Å². The molecule has 1 amide bonds. The summed E-state index contributed by atoms with van der Waals surface area (Å²) in [5, 5.41) is 12.1. The van der Waals surface area contributed by atoms with Crippen LogP contribution in [0.25, 0.3) is 0 Å². The summed E-state index contributed by atoms with van der Waals surface area (Å²) in [6.45, 7) is 0.710. The highest BCUT2D eigenvalue weighted by molar-refractivity contribution is 7.99. The summed E-state index contributed by atoms with van der Waals surface area (Å²) < 4.78 is 0. The van der Waals surface area contributed by atoms with Gasteiger partial charge in [-0.05, 0) is 29.9 Å². The van der Waals surface area contributed by atoms with Crippen LogP contribution in [0.5, 0.6) is 5.75 Å². The van der Waals surface area contributed by atoms with Gasteiger partial charge >= 0.3 is 0 Å². The summed E-state index contributed by atoms with van der Waals surface area (Å²) in [6.07, 6.45) is 3.94. The second-order valence-corrected chi connectivity index (χ2v) is 5.02. The Labute approximate surface area is 98.5 Å². The highest BCUT2D eigenvalue weighted by Gasteiger charge is 2.16. The van der Waals surface area contributed by atoms with Gasteiger partial charge in [0.25, 0.3) is 5.91 Å². The summed E-state index contributed by atoms with van der Waals surface area (Å²) in [4.78, 5) is 15.5. The van der Waals surface area contributed by atoms with Crippen molar-refractivity contribution >= 4 is 17.7 Å². The molecule has 2 N–H and O–H groups in total. The van der Waals surface area contributed by atoms with E-state index in [2.05, 4.69) is 10.3 Å². The van der Waals surface area contributed by atoms with Crippen LogP contribution in [-0.2, 0) is 0 Å². The third-order valence-corrected chi connectivity index (χ3v) is 3.79. The monoisotopic (exact) mass is 238 g/mol. The molecular weight excluding hydrogens is 224 g/mol. The number of aromatic nitrogens is 1. The largest absolute Gasteiger partial charge is 0.506 e. The quantitative estimate of drug-likeness (QED) is 0.832. The van der Waals surface area contributed by atoms with E-state index in [9.17, 15) is 9.90 Å². The molecule has 0 spiro atoms. The minimum absolute atomic E-state index is 0.0177. The Morgan fingerprint density at radius 1 is 1.62 bits per heavy atom. The average molecular weight is 238 g/mol. The Bertz CT molecular complexity index is 378. The Kier molecular flexibility index (Phi) is 3.66. The van der Waals surface area contributed by atoms with Crippen LogP contribution < -0.4 is 5.32 Å². The molecule has 0 saturated carbocycles. The molecule has 1 saturated heterocycles. The third kappa shape index (κ3) is 2.88. The Morgan fingerprint density at radius 3 is 3.19 bits per heavy atom. The van der Waals surface area contributed by atoms with Crippen molar-refractivity contribution in [3.05, 3.63) is 24.0 Å². The van der Waals surface area contributed by atoms with E-state index in [1.165, 1.54) is 30.6 Å². The zero-order valence-corrected chi connectivity index (χ0v) is 9.67. The van der Waals surface area contributed by atoms with Gasteiger partial charge in [-0.1, -0.05) is 0 Å². The van der Waals surface area contributed by atoms with Crippen LogP contribution in [-0.4, -0.2) is 34.0 Å². The maximum absolute atomic E-state index is 11.7. The molecule has 0 bridgehead atoms. The molecular formula is C11H14N2O2S. The number of nitrogens with zero attached hydrogens (tertiary/aromatic N) is 1. The smallest absolute Gasteiger partial charge is 0.252 e. The first-order valence-electron chi connectivity index (χ1n) is 5.25. The normalized spacial score (nSPS) is 19.6. The molecule has 1 aliphatic heterocycles. The molecule has 0 aliphatic carbocycles. The third-order valence-electron chi connectivity index (χ3n) is 2.56. The van der Waals surface area contributed by atoms with Gasteiger partial charge in [0.1, 0.15) is 5.75 Å². The first-order chi connectivity index (χ1) is 7.75. The van der Waals surface area contributed by atoms with Crippen molar-refractivity contribution in [3.63, 3.8) is 0 Å². The second kappa shape index (κ2) is 5.21. The van der Waals surface area contributed by atoms with E-state index in [0.29, 0.717) is 18.0 Å². The molecule has 0 aromatic carbocycles. The van der Waals surface area contributed by atoms with Crippen LogP contribution in [0, 0.1) is 5.92 Å². The lowest BCUT2D eigenvalue weighted by atomic mass is 10.1. The zero-order chi connectivity index (χ0) is 11.4. The molecule has 1 unspecified atom stereocenters. The fraction of sp³-hybridized carbons (Fsp3) is 0.455. The molecule has 1 aromatic heterocycles. The molecule has 86 valence electrons. The predicted molar refractivity (Wildman–Crippen MR) is 63.7 cm³/mol. The van der Waals surface area contributed by atoms with E-state index >= 15 is 0 Å². The van der Waals surface area contributed by atoms with Gasteiger partial charge < -0.3 is 10.4 Å². The highest BCUT2D eigenvalue weighted by atomic mass is 32.2. The van der Waals surface area contributed by atoms with Gasteiger partial charge in [0.05, 0.1) is 11.8 Å². The number of amides is 1. The van der Waals surface area contributed by atoms with Crippen molar-refractivity contribution in [2.75, 3.05) is 18.1 Å². The van der Waals surface area contributed by atoms with Crippen LogP contribution >= 0.6 is 11.8 Å². The number of hydrogen-bond donors (Lipinski definition) is 2. The lowest BCUT2D eigenvalue weighted by Gasteiger charge is -2.09. The molecule has 4 nitrogen and oxygen atoms in total. The predicted octanol–water partition coefficient (Wildman–Crippen LogP) is 1.27. The number of carbonyl (C=O) groups is 1. The molecule has 1 aromatic rings. The Hall–Kier alpha value is -1.23. The molecule has 0 radical (unpaired) electrons. The van der Waals surface area contributed by atoms with Crippen LogP contribution in [0.1, 0.15) is 16.8 Å². The van der Waals surface area contributed by atoms with E-state index in [4.69, 9.17) is 0 Å². The van der Waals surface area contributed by atoms with Gasteiger partial charge in [0.15, 0.2) is 0 Å². The summed E-state index contributed by atoms with van der Waals surface area (Å²) in [5.74, 6) is 2.75. The van der Waals surface area contributed by atoms with Gasteiger partial charge in [0.2, 0.25) is 0 Å². The number of thioether (sulfide) groups is 1. The fourth-order valence-corrected chi connectivity index (χ4v) is 2.92. The second-order valence-electron chi connectivity index (χ2n) is 3.87. The summed E-state index contributed by atoms with van der Waals surface area (Å²) in [5.41, 5.74) is 0.408. The number of pyridine rings is 1. The van der Waals surface area contributed by atoms with Crippen molar-refractivity contribution < 1.29 is 9.90 Å². The summed E-state index contributed by atoms with van der Waals surface area (Å²) in [6, 6.07) is 1.42. The van der Waals surface area contributed by atoms with E-state index in [1.807, 2.05) is 11.8 Å². The number of carbonyl (C=O) groups excluding carboxylic acids is 1. The van der Waals surface area contributed by atoms with Crippen molar-refractivity contribution in [2.24, 2.45) is 5.92 Å². The van der Waals surface area contributed by atoms with Crippen molar-refractivity contribution in [1.82, 2.24) is 10.3 Å². The minimum atomic E-state index is -0.166. The number of nitrogens with one attached hydrogen (secondary N) is 1. The van der Waals surface area contributed by atoms with E-state index in [-0.39, 0.29) is 11.7 Å². The molecule has 2 heterocycles. The van der Waals surface area contributed by atoms with Crippen LogP contribution in [0.3, 0.4) is 0 Å². The van der Waals surface area contributed by atoms with Gasteiger partial charge in [-0.25, -0.2) is 0 Å². The summed E-state index contributed by atoms with van der Waals surface area (Å²) in [7, 11) is 0. The first kappa shape index (κ1) is 11.3. The van der Waals surface area contributed by atoms with Crippen molar-refractivity contribution in [2.45, 2.75) is 6.42 Å². The molecule has 1 fully saturated rings. The van der Waals surface area contributed by atoms with Gasteiger partial charge in [0, 0.05) is 12.7 Å². The lowest BCUT2D eigenvalue weighted by Crippen LogP contribution is -2.29. The lowest BCUT2D eigenvalue weighted by molar-refractivity contribution is 0.0947. The number of aromatic hydroxyl groups is 1. The van der Waals surface area contributed by atoms with Crippen molar-refractivity contribution in [1.29, 1.82) is 0 Å². The van der Waals surface area contributed by atoms with E-state index in [0.717, 1.165) is 5.75 Å². The van der Waals surface area contributed by atoms with E-state index < -0.39 is 0 Å². The molecule has 2 rings (SSSR count). The molecule has 1 aliphatic rings. The van der Waals surface area contributed by atoms with Crippen LogP contribution in [0.2, 0.25) is 0 Å². The number of rotatable bonds is 3. The molecule has 5 heteroatoms. The van der Waals surface area contributed by atoms with E-state index in [1.54, 1.807) is 0 Å². The highest BCUT2D eigenvalue weighted by Crippen LogP contribution is 2.22. The van der Waals surface area contributed by atoms with Gasteiger partial charge in [-0.3, -0.25) is 9.78 Å². The first-order valence-corrected chi connectivity index (χ1v) is 6.41. The molecule has 16 heavy (non-hydrogen) atoms. The zero-order valence-electron chi connectivity index (χ0n) is 8.85. The van der Waals surface area contributed by atoms with Gasteiger partial charge in [-0.2, -0.15) is 11.8 Å². The molecule has 1 atom stereocenters. The van der Waals surface area contributed by atoms with Crippen LogP contribution in [0.15, 0.2) is 18.5 Å². The number of hydrogen-bond acceptors (Lipinski definition) is 4. The Balaban J connectivity index is 1.87. The standard InChI is InChI=1S/C11H14N2O2S/c14-10-3-9(5-12-6-10)11(15)13-4-8-1-2-16-7-8/h3,5-6,8,14H,1-2,4,7H2,(H,13,15). The summed E-state index contributed by atoms with van der Waals surface area (Å²) >= 11 is 1.93. The Morgan fingerprint density at radius 2 is 2.50 bits per heavy atom. The fourth-order valence-electron chi connectivity index (χ4n) is 1.64. The van der Waals surface area contributed by atoms with Crippen molar-refractivity contribution in [3.8, 4) is 5.75 Å². The maximum Gasteiger partial charge on any atom is 0.252 e. The maximum atomic E-state index is 11.7. The SMILES string of the molecule is O=C(NCC1CCSC1)c1cncc(O)c1.